The molecule has 0 saturated carbocycles. The van der Waals surface area contributed by atoms with Gasteiger partial charge in [-0.25, -0.2) is 4.79 Å². The summed E-state index contributed by atoms with van der Waals surface area (Å²) in [6.45, 7) is 6.38. The van der Waals surface area contributed by atoms with Gasteiger partial charge in [0.25, 0.3) is 0 Å². The summed E-state index contributed by atoms with van der Waals surface area (Å²) in [4.78, 5) is 11.7. The lowest BCUT2D eigenvalue weighted by atomic mass is 10.1. The quantitative estimate of drug-likeness (QED) is 0.500. The van der Waals surface area contributed by atoms with E-state index in [1.807, 2.05) is 12.1 Å². The zero-order valence-corrected chi connectivity index (χ0v) is 11.2. The first-order valence-corrected chi connectivity index (χ1v) is 6.67. The van der Waals surface area contributed by atoms with Crippen molar-refractivity contribution in [2.24, 2.45) is 0 Å². The van der Waals surface area contributed by atoms with E-state index < -0.39 is 0 Å². The van der Waals surface area contributed by atoms with Gasteiger partial charge in [-0.1, -0.05) is 57.4 Å². The number of ether oxygens (including phenoxy) is 1. The van der Waals surface area contributed by atoms with Crippen LogP contribution >= 0.6 is 0 Å². The molecule has 0 bridgehead atoms. The van der Waals surface area contributed by atoms with Crippen molar-refractivity contribution in [1.82, 2.24) is 0 Å². The van der Waals surface area contributed by atoms with Crippen LogP contribution in [0.1, 0.15) is 54.9 Å². The fraction of sp³-hybridized carbons (Fsp3) is 0.438. The molecule has 98 valence electrons. The van der Waals surface area contributed by atoms with Crippen molar-refractivity contribution in [1.29, 1.82) is 0 Å². The first-order chi connectivity index (χ1) is 8.77. The Hall–Kier alpha value is -1.57. The van der Waals surface area contributed by atoms with Crippen LogP contribution in [0.4, 0.5) is 0 Å². The summed E-state index contributed by atoms with van der Waals surface area (Å²) in [7, 11) is 0. The molecule has 0 aliphatic heterocycles. The average Bonchev–Trinajstić information content (AvgIpc) is 2.42. The zero-order valence-electron chi connectivity index (χ0n) is 11.2. The van der Waals surface area contributed by atoms with Crippen molar-refractivity contribution in [3.8, 4) is 0 Å². The third-order valence-corrected chi connectivity index (χ3v) is 2.86. The van der Waals surface area contributed by atoms with Crippen LogP contribution < -0.4 is 0 Å². The number of rotatable bonds is 8. The molecule has 0 N–H and O–H groups in total. The van der Waals surface area contributed by atoms with Gasteiger partial charge in [-0.3, -0.25) is 0 Å². The van der Waals surface area contributed by atoms with E-state index in [-0.39, 0.29) is 5.97 Å². The minimum Gasteiger partial charge on any atom is -0.462 e. The van der Waals surface area contributed by atoms with Crippen LogP contribution in [-0.2, 0) is 4.74 Å². The molecule has 1 rings (SSSR count). The van der Waals surface area contributed by atoms with Gasteiger partial charge in [0.15, 0.2) is 0 Å². The van der Waals surface area contributed by atoms with Gasteiger partial charge in [0.05, 0.1) is 12.2 Å². The van der Waals surface area contributed by atoms with E-state index in [9.17, 15) is 4.79 Å². The second kappa shape index (κ2) is 8.51. The monoisotopic (exact) mass is 246 g/mol. The zero-order chi connectivity index (χ0) is 13.2. The number of carbonyl (C=O) groups is 1. The third-order valence-electron chi connectivity index (χ3n) is 2.86. The second-order valence-electron chi connectivity index (χ2n) is 4.38. The molecule has 1 aromatic rings. The number of benzene rings is 1. The topological polar surface area (TPSA) is 26.3 Å². The molecule has 0 saturated heterocycles. The SMILES string of the molecule is C=Cc1ccc(C(=O)OCCCCCCC)cc1. The van der Waals surface area contributed by atoms with Gasteiger partial charge in [0, 0.05) is 0 Å². The minimum absolute atomic E-state index is 0.235. The lowest BCUT2D eigenvalue weighted by Gasteiger charge is -2.05. The fourth-order valence-corrected chi connectivity index (χ4v) is 1.71. The number of hydrogen-bond donors (Lipinski definition) is 0. The van der Waals surface area contributed by atoms with Crippen LogP contribution in [0.5, 0.6) is 0 Å². The van der Waals surface area contributed by atoms with Gasteiger partial charge in [-0.05, 0) is 24.1 Å². The first kappa shape index (κ1) is 14.5. The van der Waals surface area contributed by atoms with Gasteiger partial charge >= 0.3 is 5.97 Å². The molecule has 2 nitrogen and oxygen atoms in total. The van der Waals surface area contributed by atoms with Gasteiger partial charge in [-0.15, -0.1) is 0 Å². The van der Waals surface area contributed by atoms with E-state index in [1.54, 1.807) is 18.2 Å². The fourth-order valence-electron chi connectivity index (χ4n) is 1.71. The number of hydrogen-bond acceptors (Lipinski definition) is 2. The maximum absolute atomic E-state index is 11.7. The molecule has 0 aliphatic carbocycles. The lowest BCUT2D eigenvalue weighted by Crippen LogP contribution is -2.06. The summed E-state index contributed by atoms with van der Waals surface area (Å²) in [5, 5.41) is 0. The van der Waals surface area contributed by atoms with Gasteiger partial charge < -0.3 is 4.74 Å². The van der Waals surface area contributed by atoms with Crippen LogP contribution in [-0.4, -0.2) is 12.6 Å². The molecule has 0 aliphatic rings. The van der Waals surface area contributed by atoms with E-state index in [4.69, 9.17) is 4.74 Å². The Labute approximate surface area is 110 Å². The molecular weight excluding hydrogens is 224 g/mol. The highest BCUT2D eigenvalue weighted by molar-refractivity contribution is 5.89. The Morgan fingerprint density at radius 2 is 1.83 bits per heavy atom. The van der Waals surface area contributed by atoms with Crippen molar-refractivity contribution < 1.29 is 9.53 Å². The maximum Gasteiger partial charge on any atom is 0.338 e. The molecule has 0 spiro atoms. The van der Waals surface area contributed by atoms with E-state index in [0.717, 1.165) is 18.4 Å². The Bertz CT molecular complexity index is 365. The molecule has 0 aromatic heterocycles. The van der Waals surface area contributed by atoms with Gasteiger partial charge in [0.2, 0.25) is 0 Å². The van der Waals surface area contributed by atoms with E-state index in [2.05, 4.69) is 13.5 Å². The summed E-state index contributed by atoms with van der Waals surface area (Å²) >= 11 is 0. The molecule has 2 heteroatoms. The molecule has 0 heterocycles. The van der Waals surface area contributed by atoms with Gasteiger partial charge in [-0.2, -0.15) is 0 Å². The average molecular weight is 246 g/mol. The van der Waals surface area contributed by atoms with Crippen LogP contribution in [0.3, 0.4) is 0 Å². The van der Waals surface area contributed by atoms with E-state index in [1.165, 1.54) is 19.3 Å². The highest BCUT2D eigenvalue weighted by atomic mass is 16.5. The number of esters is 1. The summed E-state index contributed by atoms with van der Waals surface area (Å²) < 4.78 is 5.22. The number of carbonyl (C=O) groups excluding carboxylic acids is 1. The molecule has 0 atom stereocenters. The van der Waals surface area contributed by atoms with Crippen molar-refractivity contribution in [3.63, 3.8) is 0 Å². The van der Waals surface area contributed by atoms with Crippen LogP contribution in [0.25, 0.3) is 6.08 Å². The highest BCUT2D eigenvalue weighted by Crippen LogP contribution is 2.08. The van der Waals surface area contributed by atoms with Crippen LogP contribution in [0.2, 0.25) is 0 Å². The first-order valence-electron chi connectivity index (χ1n) is 6.67. The third kappa shape index (κ3) is 5.17. The van der Waals surface area contributed by atoms with E-state index in [0.29, 0.717) is 12.2 Å². The molecule has 0 fully saturated rings. The minimum atomic E-state index is -0.235. The van der Waals surface area contributed by atoms with Crippen LogP contribution in [0, 0.1) is 0 Å². The largest absolute Gasteiger partial charge is 0.462 e. The second-order valence-corrected chi connectivity index (χ2v) is 4.38. The predicted octanol–water partition coefficient (Wildman–Crippen LogP) is 4.46. The Balaban J connectivity index is 2.25. The summed E-state index contributed by atoms with van der Waals surface area (Å²) in [5.41, 5.74) is 1.61. The Morgan fingerprint density at radius 3 is 2.44 bits per heavy atom. The maximum atomic E-state index is 11.7. The Kier molecular flexibility index (Phi) is 6.85. The predicted molar refractivity (Wildman–Crippen MR) is 75.6 cm³/mol. The summed E-state index contributed by atoms with van der Waals surface area (Å²) in [6.07, 6.45) is 7.56. The van der Waals surface area contributed by atoms with Crippen LogP contribution in [0.15, 0.2) is 30.8 Å². The van der Waals surface area contributed by atoms with Crippen molar-refractivity contribution in [2.45, 2.75) is 39.0 Å². The van der Waals surface area contributed by atoms with Crippen molar-refractivity contribution >= 4 is 12.0 Å². The van der Waals surface area contributed by atoms with E-state index >= 15 is 0 Å². The molecule has 0 radical (unpaired) electrons. The van der Waals surface area contributed by atoms with Crippen molar-refractivity contribution in [3.05, 3.63) is 42.0 Å². The molecule has 0 unspecified atom stereocenters. The lowest BCUT2D eigenvalue weighted by molar-refractivity contribution is 0.0497. The van der Waals surface area contributed by atoms with Crippen molar-refractivity contribution in [2.75, 3.05) is 6.61 Å². The molecular formula is C16H22O2. The normalized spacial score (nSPS) is 10.1. The van der Waals surface area contributed by atoms with Gasteiger partial charge in [0.1, 0.15) is 0 Å². The molecule has 1 aromatic carbocycles. The standard InChI is InChI=1S/C16H22O2/c1-3-5-6-7-8-13-18-16(17)15-11-9-14(4-2)10-12-15/h4,9-12H,2-3,5-8,13H2,1H3. The highest BCUT2D eigenvalue weighted by Gasteiger charge is 2.05. The molecule has 0 amide bonds. The Morgan fingerprint density at radius 1 is 1.17 bits per heavy atom. The number of unbranched alkanes of at least 4 members (excludes halogenated alkanes) is 4. The summed E-state index contributed by atoms with van der Waals surface area (Å²) in [5.74, 6) is -0.235. The smallest absolute Gasteiger partial charge is 0.338 e. The summed E-state index contributed by atoms with van der Waals surface area (Å²) in [6, 6.07) is 7.28. The molecule has 18 heavy (non-hydrogen) atoms.